The second-order valence-corrected chi connectivity index (χ2v) is 10.3. The van der Waals surface area contributed by atoms with Crippen LogP contribution in [0.25, 0.3) is 0 Å². The predicted octanol–water partition coefficient (Wildman–Crippen LogP) is 3.47. The number of ether oxygens (including phenoxy) is 2. The summed E-state index contributed by atoms with van der Waals surface area (Å²) in [6, 6.07) is 6.84. The minimum Gasteiger partial charge on any atom is -0.472 e. The van der Waals surface area contributed by atoms with Gasteiger partial charge in [0.1, 0.15) is 24.3 Å². The number of nitrogens with one attached hydrogen (secondary N) is 1. The number of benzene rings is 2. The lowest BCUT2D eigenvalue weighted by Gasteiger charge is -2.42. The number of piperazine rings is 1. The van der Waals surface area contributed by atoms with Gasteiger partial charge >= 0.3 is 6.18 Å². The van der Waals surface area contributed by atoms with E-state index in [2.05, 4.69) is 10.4 Å². The molecule has 2 aliphatic heterocycles. The normalized spacial score (nSPS) is 19.8. The Bertz CT molecular complexity index is 1460. The first kappa shape index (κ1) is 30.6. The molecule has 1 N–H and O–H groups in total. The first-order chi connectivity index (χ1) is 20.5. The minimum atomic E-state index is -4.79. The molecule has 2 aromatic carbocycles. The van der Waals surface area contributed by atoms with Gasteiger partial charge in [-0.3, -0.25) is 14.5 Å². The third-order valence-corrected chi connectivity index (χ3v) is 7.50. The van der Waals surface area contributed by atoms with Crippen molar-refractivity contribution in [1.29, 1.82) is 0 Å². The molecule has 0 aliphatic carbocycles. The van der Waals surface area contributed by atoms with Crippen molar-refractivity contribution in [2.24, 2.45) is 0 Å². The van der Waals surface area contributed by atoms with Crippen LogP contribution in [0, 0.1) is 18.6 Å². The van der Waals surface area contributed by atoms with Gasteiger partial charge in [0.25, 0.3) is 5.91 Å². The molecule has 3 aromatic rings. The van der Waals surface area contributed by atoms with E-state index in [1.807, 2.05) is 0 Å². The molecule has 2 saturated heterocycles. The maximum Gasteiger partial charge on any atom is 0.405 e. The predicted molar refractivity (Wildman–Crippen MR) is 143 cm³/mol. The molecule has 0 radical (unpaired) electrons. The molecular weight excluding hydrogens is 577 g/mol. The first-order valence-corrected chi connectivity index (χ1v) is 13.7. The molecule has 5 rings (SSSR count). The van der Waals surface area contributed by atoms with Gasteiger partial charge in [-0.25, -0.2) is 8.78 Å². The topological polar surface area (TPSA) is 88.9 Å². The van der Waals surface area contributed by atoms with Crippen LogP contribution in [0.1, 0.15) is 33.2 Å². The van der Waals surface area contributed by atoms with Gasteiger partial charge in [-0.1, -0.05) is 24.3 Å². The summed E-state index contributed by atoms with van der Waals surface area (Å²) in [5.41, 5.74) is 0.152. The number of halogens is 5. The van der Waals surface area contributed by atoms with Crippen LogP contribution in [0.15, 0.2) is 48.5 Å². The molecule has 0 bridgehead atoms. The van der Waals surface area contributed by atoms with E-state index in [4.69, 9.17) is 9.47 Å². The van der Waals surface area contributed by atoms with E-state index in [1.165, 1.54) is 54.3 Å². The SMILES string of the molecule is Cc1c(C2NCCN(CC(=O)N3CCOCC3)C2C(F)(F)F)nn(C(=O)c2ccccc2F)c1OCc1ccc(F)cc1. The zero-order chi connectivity index (χ0) is 30.7. The number of morpholine rings is 1. The molecule has 43 heavy (non-hydrogen) atoms. The molecule has 2 unspecified atom stereocenters. The Kier molecular flexibility index (Phi) is 9.08. The van der Waals surface area contributed by atoms with Gasteiger partial charge in [0.2, 0.25) is 11.8 Å². The highest BCUT2D eigenvalue weighted by Crippen LogP contribution is 2.39. The Labute approximate surface area is 244 Å². The summed E-state index contributed by atoms with van der Waals surface area (Å²) < 4.78 is 84.0. The Morgan fingerprint density at radius 2 is 1.74 bits per heavy atom. The van der Waals surface area contributed by atoms with Crippen molar-refractivity contribution < 1.29 is 41.0 Å². The van der Waals surface area contributed by atoms with E-state index in [0.29, 0.717) is 31.9 Å². The van der Waals surface area contributed by atoms with Gasteiger partial charge in [0.15, 0.2) is 0 Å². The van der Waals surface area contributed by atoms with E-state index in [9.17, 15) is 31.5 Å². The molecular formula is C29H30F5N5O4. The third-order valence-electron chi connectivity index (χ3n) is 7.50. The molecule has 0 spiro atoms. The zero-order valence-corrected chi connectivity index (χ0v) is 23.2. The molecule has 3 heterocycles. The van der Waals surface area contributed by atoms with Crippen LogP contribution in [0.3, 0.4) is 0 Å². The van der Waals surface area contributed by atoms with E-state index in [0.717, 1.165) is 15.6 Å². The molecule has 0 saturated carbocycles. The maximum atomic E-state index is 14.7. The van der Waals surface area contributed by atoms with Crippen LogP contribution >= 0.6 is 0 Å². The van der Waals surface area contributed by atoms with Crippen LogP contribution in [-0.4, -0.2) is 89.6 Å². The van der Waals surface area contributed by atoms with Gasteiger partial charge in [-0.15, -0.1) is 0 Å². The molecule has 2 atom stereocenters. The number of hydrogen-bond acceptors (Lipinski definition) is 7. The monoisotopic (exact) mass is 607 g/mol. The molecule has 2 aliphatic rings. The molecule has 1 amide bonds. The maximum absolute atomic E-state index is 14.7. The summed E-state index contributed by atoms with van der Waals surface area (Å²) in [6.45, 7) is 2.08. The molecule has 1 aromatic heterocycles. The van der Waals surface area contributed by atoms with Crippen LogP contribution in [-0.2, 0) is 16.1 Å². The lowest BCUT2D eigenvalue weighted by Crippen LogP contribution is -2.61. The fourth-order valence-corrected chi connectivity index (χ4v) is 5.31. The number of rotatable bonds is 7. The number of carbonyl (C=O) groups is 2. The van der Waals surface area contributed by atoms with Crippen molar-refractivity contribution in [1.82, 2.24) is 24.9 Å². The van der Waals surface area contributed by atoms with Crippen molar-refractivity contribution in [3.05, 3.63) is 82.5 Å². The number of amides is 1. The van der Waals surface area contributed by atoms with Crippen LogP contribution in [0.5, 0.6) is 5.88 Å². The van der Waals surface area contributed by atoms with Crippen molar-refractivity contribution in [3.63, 3.8) is 0 Å². The average Bonchev–Trinajstić information content (AvgIpc) is 3.32. The summed E-state index contributed by atoms with van der Waals surface area (Å²) >= 11 is 0. The highest BCUT2D eigenvalue weighted by molar-refractivity contribution is 5.96. The van der Waals surface area contributed by atoms with Gasteiger partial charge < -0.3 is 19.7 Å². The van der Waals surface area contributed by atoms with E-state index >= 15 is 0 Å². The summed E-state index contributed by atoms with van der Waals surface area (Å²) in [5.74, 6) is -2.89. The highest BCUT2D eigenvalue weighted by atomic mass is 19.4. The number of hydrogen-bond donors (Lipinski definition) is 1. The molecule has 2 fully saturated rings. The number of alkyl halides is 3. The molecule has 9 nitrogen and oxygen atoms in total. The van der Waals surface area contributed by atoms with Crippen molar-refractivity contribution in [3.8, 4) is 5.88 Å². The summed E-state index contributed by atoms with van der Waals surface area (Å²) in [7, 11) is 0. The number of aromatic nitrogens is 2. The first-order valence-electron chi connectivity index (χ1n) is 13.7. The second-order valence-electron chi connectivity index (χ2n) is 10.3. The van der Waals surface area contributed by atoms with Gasteiger partial charge in [0.05, 0.1) is 37.1 Å². The third kappa shape index (κ3) is 6.71. The second kappa shape index (κ2) is 12.8. The lowest BCUT2D eigenvalue weighted by molar-refractivity contribution is -0.199. The van der Waals surface area contributed by atoms with Crippen molar-refractivity contribution in [2.45, 2.75) is 31.8 Å². The van der Waals surface area contributed by atoms with Gasteiger partial charge in [-0.2, -0.15) is 23.0 Å². The largest absolute Gasteiger partial charge is 0.472 e. The van der Waals surface area contributed by atoms with Crippen LogP contribution in [0.2, 0.25) is 0 Å². The smallest absolute Gasteiger partial charge is 0.405 e. The van der Waals surface area contributed by atoms with Crippen molar-refractivity contribution >= 4 is 11.8 Å². The fraction of sp³-hybridized carbons (Fsp3) is 0.414. The average molecular weight is 608 g/mol. The lowest BCUT2D eigenvalue weighted by atomic mass is 9.97. The minimum absolute atomic E-state index is 0.0570. The van der Waals surface area contributed by atoms with Crippen LogP contribution < -0.4 is 10.1 Å². The van der Waals surface area contributed by atoms with Crippen molar-refractivity contribution in [2.75, 3.05) is 45.9 Å². The number of nitrogens with zero attached hydrogens (tertiary/aromatic N) is 4. The van der Waals surface area contributed by atoms with E-state index < -0.39 is 48.3 Å². The zero-order valence-electron chi connectivity index (χ0n) is 23.2. The van der Waals surface area contributed by atoms with Gasteiger partial charge in [-0.05, 0) is 36.8 Å². The molecule has 14 heteroatoms. The quantitative estimate of drug-likeness (QED) is 0.412. The fourth-order valence-electron chi connectivity index (χ4n) is 5.31. The standard InChI is InChI=1S/C29H30F5N5O4/c1-18-24(25-26(29(32,33)34)38(11-10-35-25)16-23(40)37-12-14-42-15-13-37)36-39(27(41)21-4-2-3-5-22(21)31)28(18)43-17-19-6-8-20(30)9-7-19/h2-9,25-26,35H,10-17H2,1H3. The van der Waals surface area contributed by atoms with Crippen LogP contribution in [0.4, 0.5) is 22.0 Å². The number of carbonyl (C=O) groups excluding carboxylic acids is 2. The van der Waals surface area contributed by atoms with E-state index in [-0.39, 0.29) is 42.4 Å². The molecule has 230 valence electrons. The Balaban J connectivity index is 1.51. The summed E-state index contributed by atoms with van der Waals surface area (Å²) in [4.78, 5) is 28.9. The Morgan fingerprint density at radius 1 is 1.05 bits per heavy atom. The summed E-state index contributed by atoms with van der Waals surface area (Å²) in [6.07, 6.45) is -4.79. The summed E-state index contributed by atoms with van der Waals surface area (Å²) in [5, 5.41) is 7.12. The van der Waals surface area contributed by atoms with Gasteiger partial charge in [0, 0.05) is 31.7 Å². The van der Waals surface area contributed by atoms with E-state index in [1.54, 1.807) is 0 Å². The Morgan fingerprint density at radius 3 is 2.42 bits per heavy atom. The highest BCUT2D eigenvalue weighted by Gasteiger charge is 2.52. The Hall–Kier alpha value is -3.88.